The van der Waals surface area contributed by atoms with Crippen LogP contribution in [0.15, 0.2) is 24.3 Å². The van der Waals surface area contributed by atoms with Gasteiger partial charge in [0.05, 0.1) is 12.2 Å². The molecule has 0 aliphatic rings. The standard InChI is InChI=1S/C13H21NO2/c1-13(2,15-3)9-8-11-4-6-12(7-5-11)10-16-14/h4-7H,8-10,14H2,1-3H3. The molecule has 0 saturated carbocycles. The first-order chi connectivity index (χ1) is 7.57. The van der Waals surface area contributed by atoms with E-state index in [2.05, 4.69) is 30.8 Å². The molecule has 1 aromatic rings. The van der Waals surface area contributed by atoms with E-state index in [0.29, 0.717) is 6.61 Å². The zero-order valence-corrected chi connectivity index (χ0v) is 10.3. The maximum Gasteiger partial charge on any atom is 0.0930 e. The van der Waals surface area contributed by atoms with Crippen molar-refractivity contribution in [3.05, 3.63) is 35.4 Å². The summed E-state index contributed by atoms with van der Waals surface area (Å²) in [7, 11) is 1.75. The number of hydrogen-bond acceptors (Lipinski definition) is 3. The molecule has 2 N–H and O–H groups in total. The highest BCUT2D eigenvalue weighted by Gasteiger charge is 2.15. The van der Waals surface area contributed by atoms with Crippen molar-refractivity contribution in [1.29, 1.82) is 0 Å². The minimum atomic E-state index is -0.0565. The molecule has 1 rings (SSSR count). The third kappa shape index (κ3) is 4.31. The summed E-state index contributed by atoms with van der Waals surface area (Å²) in [5.41, 5.74) is 2.35. The Labute approximate surface area is 97.5 Å². The Bertz CT molecular complexity index is 306. The van der Waals surface area contributed by atoms with Gasteiger partial charge >= 0.3 is 0 Å². The SMILES string of the molecule is COC(C)(C)CCc1ccc(CON)cc1. The molecule has 0 atom stereocenters. The molecule has 3 nitrogen and oxygen atoms in total. The molecule has 0 amide bonds. The summed E-state index contributed by atoms with van der Waals surface area (Å²) in [6, 6.07) is 8.31. The Morgan fingerprint density at radius 2 is 1.69 bits per heavy atom. The lowest BCUT2D eigenvalue weighted by Gasteiger charge is -2.22. The lowest BCUT2D eigenvalue weighted by Crippen LogP contribution is -2.22. The Morgan fingerprint density at radius 1 is 1.12 bits per heavy atom. The van der Waals surface area contributed by atoms with Crippen LogP contribution in [0.25, 0.3) is 0 Å². The van der Waals surface area contributed by atoms with Gasteiger partial charge in [-0.3, -0.25) is 4.84 Å². The molecule has 0 aromatic heterocycles. The maximum atomic E-state index is 5.39. The van der Waals surface area contributed by atoms with Gasteiger partial charge in [0, 0.05) is 7.11 Å². The molecule has 1 aromatic carbocycles. The van der Waals surface area contributed by atoms with Crippen LogP contribution in [-0.4, -0.2) is 12.7 Å². The van der Waals surface area contributed by atoms with Gasteiger partial charge in [-0.1, -0.05) is 24.3 Å². The number of aryl methyl sites for hydroxylation is 1. The van der Waals surface area contributed by atoms with Gasteiger partial charge in [0.25, 0.3) is 0 Å². The average Bonchev–Trinajstić information content (AvgIpc) is 2.29. The smallest absolute Gasteiger partial charge is 0.0930 e. The summed E-state index contributed by atoms with van der Waals surface area (Å²) in [5, 5.41) is 0. The second-order valence-electron chi connectivity index (χ2n) is 4.59. The second-order valence-corrected chi connectivity index (χ2v) is 4.59. The van der Waals surface area contributed by atoms with Gasteiger partial charge in [-0.05, 0) is 37.8 Å². The third-order valence-electron chi connectivity index (χ3n) is 2.84. The molecule has 0 spiro atoms. The van der Waals surface area contributed by atoms with E-state index in [1.165, 1.54) is 5.56 Å². The molecular formula is C13H21NO2. The number of methoxy groups -OCH3 is 1. The first-order valence-corrected chi connectivity index (χ1v) is 5.52. The van der Waals surface area contributed by atoms with Crippen LogP contribution in [0, 0.1) is 0 Å². The van der Waals surface area contributed by atoms with Crippen LogP contribution < -0.4 is 5.90 Å². The predicted molar refractivity (Wildman–Crippen MR) is 64.8 cm³/mol. The van der Waals surface area contributed by atoms with Crippen LogP contribution in [0.4, 0.5) is 0 Å². The molecule has 0 fully saturated rings. The van der Waals surface area contributed by atoms with Crippen molar-refractivity contribution in [3.8, 4) is 0 Å². The van der Waals surface area contributed by atoms with Crippen molar-refractivity contribution in [3.63, 3.8) is 0 Å². The van der Waals surface area contributed by atoms with E-state index in [4.69, 9.17) is 10.6 Å². The minimum absolute atomic E-state index is 0.0565. The van der Waals surface area contributed by atoms with Crippen molar-refractivity contribution in [2.24, 2.45) is 5.90 Å². The minimum Gasteiger partial charge on any atom is -0.379 e. The average molecular weight is 223 g/mol. The van der Waals surface area contributed by atoms with Gasteiger partial charge in [-0.15, -0.1) is 0 Å². The van der Waals surface area contributed by atoms with E-state index >= 15 is 0 Å². The van der Waals surface area contributed by atoms with Gasteiger partial charge in [-0.25, -0.2) is 5.90 Å². The number of rotatable bonds is 6. The topological polar surface area (TPSA) is 44.5 Å². The quantitative estimate of drug-likeness (QED) is 0.753. The van der Waals surface area contributed by atoms with E-state index in [-0.39, 0.29) is 5.60 Å². The highest BCUT2D eigenvalue weighted by Crippen LogP contribution is 2.17. The van der Waals surface area contributed by atoms with Gasteiger partial charge in [-0.2, -0.15) is 0 Å². The molecule has 16 heavy (non-hydrogen) atoms. The summed E-state index contributed by atoms with van der Waals surface area (Å²) >= 11 is 0. The van der Waals surface area contributed by atoms with Crippen LogP contribution in [-0.2, 0) is 22.6 Å². The molecule has 3 heteroatoms. The van der Waals surface area contributed by atoms with Crippen molar-refractivity contribution in [2.75, 3.05) is 7.11 Å². The lowest BCUT2D eigenvalue weighted by molar-refractivity contribution is 0.0158. The molecular weight excluding hydrogens is 202 g/mol. The fourth-order valence-electron chi connectivity index (χ4n) is 1.45. The van der Waals surface area contributed by atoms with Crippen molar-refractivity contribution >= 4 is 0 Å². The third-order valence-corrected chi connectivity index (χ3v) is 2.84. The second kappa shape index (κ2) is 5.99. The van der Waals surface area contributed by atoms with E-state index in [0.717, 1.165) is 18.4 Å². The molecule has 0 unspecified atom stereocenters. The number of nitrogens with two attached hydrogens (primary N) is 1. The summed E-state index contributed by atoms with van der Waals surface area (Å²) in [4.78, 5) is 4.58. The highest BCUT2D eigenvalue weighted by atomic mass is 16.6. The maximum absolute atomic E-state index is 5.39. The van der Waals surface area contributed by atoms with Crippen molar-refractivity contribution in [1.82, 2.24) is 0 Å². The number of ether oxygens (including phenoxy) is 1. The molecule has 0 heterocycles. The largest absolute Gasteiger partial charge is 0.379 e. The van der Waals surface area contributed by atoms with Crippen LogP contribution in [0.1, 0.15) is 31.4 Å². The highest BCUT2D eigenvalue weighted by molar-refractivity contribution is 5.22. The zero-order chi connectivity index (χ0) is 12.0. The molecule has 0 radical (unpaired) electrons. The van der Waals surface area contributed by atoms with Crippen LogP contribution in [0.3, 0.4) is 0 Å². The first kappa shape index (κ1) is 13.2. The van der Waals surface area contributed by atoms with Gasteiger partial charge in [0.1, 0.15) is 0 Å². The van der Waals surface area contributed by atoms with Gasteiger partial charge in [0.2, 0.25) is 0 Å². The Balaban J connectivity index is 2.49. The Kier molecular flexibility index (Phi) is 4.93. The molecule has 0 aliphatic heterocycles. The molecule has 90 valence electrons. The van der Waals surface area contributed by atoms with Crippen molar-refractivity contribution < 1.29 is 9.57 Å². The molecule has 0 aliphatic carbocycles. The van der Waals surface area contributed by atoms with Crippen molar-refractivity contribution in [2.45, 2.75) is 38.9 Å². The Morgan fingerprint density at radius 3 is 2.19 bits per heavy atom. The first-order valence-electron chi connectivity index (χ1n) is 5.52. The zero-order valence-electron chi connectivity index (χ0n) is 10.3. The predicted octanol–water partition coefficient (Wildman–Crippen LogP) is 2.43. The fourth-order valence-corrected chi connectivity index (χ4v) is 1.45. The number of benzene rings is 1. The molecule has 0 bridgehead atoms. The lowest BCUT2D eigenvalue weighted by atomic mass is 9.98. The van der Waals surface area contributed by atoms with E-state index < -0.39 is 0 Å². The van der Waals surface area contributed by atoms with Gasteiger partial charge in [0.15, 0.2) is 0 Å². The van der Waals surface area contributed by atoms with E-state index in [1.54, 1.807) is 7.11 Å². The number of hydrogen-bond donors (Lipinski definition) is 1. The van der Waals surface area contributed by atoms with Gasteiger partial charge < -0.3 is 4.74 Å². The van der Waals surface area contributed by atoms with E-state index in [9.17, 15) is 0 Å². The Hall–Kier alpha value is -0.900. The van der Waals surface area contributed by atoms with Crippen LogP contribution in [0.2, 0.25) is 0 Å². The normalized spacial score (nSPS) is 11.8. The van der Waals surface area contributed by atoms with E-state index in [1.807, 2.05) is 12.1 Å². The summed E-state index contributed by atoms with van der Waals surface area (Å²) in [6.45, 7) is 4.66. The summed E-state index contributed by atoms with van der Waals surface area (Å²) in [5.74, 6) is 5.02. The fraction of sp³-hybridized carbons (Fsp3) is 0.538. The molecule has 0 saturated heterocycles. The van der Waals surface area contributed by atoms with Crippen LogP contribution in [0.5, 0.6) is 0 Å². The summed E-state index contributed by atoms with van der Waals surface area (Å²) in [6.07, 6.45) is 2.03. The monoisotopic (exact) mass is 223 g/mol. The summed E-state index contributed by atoms with van der Waals surface area (Å²) < 4.78 is 5.39. The van der Waals surface area contributed by atoms with Crippen LogP contribution >= 0.6 is 0 Å².